The number of aliphatic hydroxyl groups excluding tert-OH is 2. The van der Waals surface area contributed by atoms with Crippen LogP contribution in [0.1, 0.15) is 12.8 Å². The monoisotopic (exact) mass is 465 g/mol. The van der Waals surface area contributed by atoms with Crippen molar-refractivity contribution in [1.29, 1.82) is 0 Å². The first-order chi connectivity index (χ1) is 12.6. The summed E-state index contributed by atoms with van der Waals surface area (Å²) in [4.78, 5) is 11.1. The minimum absolute atomic E-state index is 0.830. The molecule has 29 heavy (non-hydrogen) atoms. The zero-order valence-electron chi connectivity index (χ0n) is 13.6. The lowest BCUT2D eigenvalue weighted by Gasteiger charge is -2.39. The SMILES string of the molecule is O=C(CCC(F)(F)C(F)(F)C(F)(F)C(F)(F)C(F)(F)C(F)(F)F)NCC(O)CO. The molecule has 0 aromatic heterocycles. The van der Waals surface area contributed by atoms with Crippen LogP contribution in [0.5, 0.6) is 0 Å². The van der Waals surface area contributed by atoms with Crippen molar-refractivity contribution < 1.29 is 72.1 Å². The number of hydrogen-bond acceptors (Lipinski definition) is 3. The van der Waals surface area contributed by atoms with Crippen LogP contribution in [-0.4, -0.2) is 71.2 Å². The number of rotatable bonds is 10. The van der Waals surface area contributed by atoms with Crippen LogP contribution < -0.4 is 5.32 Å². The average Bonchev–Trinajstić information content (AvgIpc) is 2.55. The standard InChI is InChI=1S/C12H12F13NO3/c13-7(14,2-1-6(29)26-3-5(28)4-27)8(15,16)9(17,18)10(19,20)11(21,22)12(23,24)25/h5,27-28H,1-4H2,(H,26,29). The average molecular weight is 465 g/mol. The fourth-order valence-electron chi connectivity index (χ4n) is 1.61. The summed E-state index contributed by atoms with van der Waals surface area (Å²) in [5, 5.41) is 18.7. The van der Waals surface area contributed by atoms with E-state index in [1.54, 1.807) is 0 Å². The van der Waals surface area contributed by atoms with Gasteiger partial charge in [0.15, 0.2) is 0 Å². The number of halogens is 13. The Balaban J connectivity index is 5.63. The summed E-state index contributed by atoms with van der Waals surface area (Å²) in [6.45, 7) is -1.79. The molecule has 1 amide bonds. The van der Waals surface area contributed by atoms with E-state index in [1.807, 2.05) is 0 Å². The third-order valence-electron chi connectivity index (χ3n) is 3.41. The predicted molar refractivity (Wildman–Crippen MR) is 66.1 cm³/mol. The van der Waals surface area contributed by atoms with E-state index >= 15 is 0 Å². The summed E-state index contributed by atoms with van der Waals surface area (Å²) in [6, 6.07) is 0. The first kappa shape index (κ1) is 27.5. The number of aliphatic hydroxyl groups is 2. The summed E-state index contributed by atoms with van der Waals surface area (Å²) in [7, 11) is 0. The first-order valence-corrected chi connectivity index (χ1v) is 7.11. The van der Waals surface area contributed by atoms with Gasteiger partial charge in [0.05, 0.1) is 12.7 Å². The molecule has 3 N–H and O–H groups in total. The van der Waals surface area contributed by atoms with E-state index in [4.69, 9.17) is 10.2 Å². The van der Waals surface area contributed by atoms with E-state index in [9.17, 15) is 61.9 Å². The van der Waals surface area contributed by atoms with Crippen molar-refractivity contribution in [1.82, 2.24) is 5.32 Å². The van der Waals surface area contributed by atoms with E-state index in [-0.39, 0.29) is 0 Å². The Labute approximate surface area is 152 Å². The number of carbonyl (C=O) groups is 1. The van der Waals surface area contributed by atoms with E-state index in [0.717, 1.165) is 0 Å². The van der Waals surface area contributed by atoms with Crippen molar-refractivity contribution in [3.8, 4) is 0 Å². The van der Waals surface area contributed by atoms with Gasteiger partial charge >= 0.3 is 35.8 Å². The highest BCUT2D eigenvalue weighted by Crippen LogP contribution is 2.60. The molecule has 0 saturated heterocycles. The second kappa shape index (κ2) is 8.31. The quantitative estimate of drug-likeness (QED) is 0.435. The summed E-state index contributed by atoms with van der Waals surface area (Å²) in [5.41, 5.74) is 0. The summed E-state index contributed by atoms with van der Waals surface area (Å²) in [5.74, 6) is -39.1. The van der Waals surface area contributed by atoms with Gasteiger partial charge in [-0.1, -0.05) is 0 Å². The Kier molecular flexibility index (Phi) is 7.88. The molecule has 1 unspecified atom stereocenters. The molecule has 0 saturated carbocycles. The third kappa shape index (κ3) is 4.97. The zero-order valence-corrected chi connectivity index (χ0v) is 13.6. The maximum atomic E-state index is 13.4. The van der Waals surface area contributed by atoms with Crippen LogP contribution in [0, 0.1) is 0 Å². The van der Waals surface area contributed by atoms with Gasteiger partial charge in [-0.25, -0.2) is 0 Å². The summed E-state index contributed by atoms with van der Waals surface area (Å²) < 4.78 is 167. The second-order valence-electron chi connectivity index (χ2n) is 5.64. The summed E-state index contributed by atoms with van der Waals surface area (Å²) in [6.07, 6.45) is -13.6. The van der Waals surface area contributed by atoms with Crippen molar-refractivity contribution in [2.45, 2.75) is 54.7 Å². The minimum atomic E-state index is -7.99. The molecular formula is C12H12F13NO3. The molecule has 4 nitrogen and oxygen atoms in total. The Bertz CT molecular complexity index is 576. The highest BCUT2D eigenvalue weighted by Gasteiger charge is 2.90. The van der Waals surface area contributed by atoms with Gasteiger partial charge in [0.25, 0.3) is 0 Å². The van der Waals surface area contributed by atoms with Gasteiger partial charge in [0.2, 0.25) is 5.91 Å². The van der Waals surface area contributed by atoms with Crippen LogP contribution in [0.15, 0.2) is 0 Å². The molecular weight excluding hydrogens is 453 g/mol. The van der Waals surface area contributed by atoms with Gasteiger partial charge in [0, 0.05) is 19.4 Å². The number of amides is 1. The highest BCUT2D eigenvalue weighted by atomic mass is 19.4. The van der Waals surface area contributed by atoms with Crippen molar-refractivity contribution in [3.63, 3.8) is 0 Å². The molecule has 0 bridgehead atoms. The fourth-order valence-corrected chi connectivity index (χ4v) is 1.61. The number of alkyl halides is 13. The van der Waals surface area contributed by atoms with Gasteiger partial charge in [-0.15, -0.1) is 0 Å². The topological polar surface area (TPSA) is 69.6 Å². The lowest BCUT2D eigenvalue weighted by molar-refractivity contribution is -0.440. The Morgan fingerprint density at radius 3 is 1.55 bits per heavy atom. The van der Waals surface area contributed by atoms with Crippen LogP contribution in [0.2, 0.25) is 0 Å². The number of nitrogens with one attached hydrogen (secondary N) is 1. The molecule has 17 heteroatoms. The Hall–Kier alpha value is -1.52. The van der Waals surface area contributed by atoms with Crippen LogP contribution in [0.4, 0.5) is 57.1 Å². The molecule has 0 aliphatic heterocycles. The van der Waals surface area contributed by atoms with Crippen LogP contribution in [-0.2, 0) is 4.79 Å². The number of hydrogen-bond donors (Lipinski definition) is 3. The smallest absolute Gasteiger partial charge is 0.394 e. The largest absolute Gasteiger partial charge is 0.460 e. The molecule has 0 aliphatic rings. The molecule has 0 heterocycles. The number of carbonyl (C=O) groups excluding carboxylic acids is 1. The van der Waals surface area contributed by atoms with E-state index in [0.29, 0.717) is 0 Å². The Morgan fingerprint density at radius 1 is 0.759 bits per heavy atom. The third-order valence-corrected chi connectivity index (χ3v) is 3.41. The van der Waals surface area contributed by atoms with Gasteiger partial charge in [-0.05, 0) is 0 Å². The molecule has 174 valence electrons. The molecule has 0 radical (unpaired) electrons. The molecule has 0 aromatic rings. The summed E-state index contributed by atoms with van der Waals surface area (Å²) >= 11 is 0. The van der Waals surface area contributed by atoms with E-state index in [2.05, 4.69) is 0 Å². The van der Waals surface area contributed by atoms with Crippen LogP contribution in [0.3, 0.4) is 0 Å². The van der Waals surface area contributed by atoms with Crippen molar-refractivity contribution in [2.24, 2.45) is 0 Å². The van der Waals surface area contributed by atoms with Gasteiger partial charge in [-0.3, -0.25) is 4.79 Å². The first-order valence-electron chi connectivity index (χ1n) is 7.11. The van der Waals surface area contributed by atoms with Crippen LogP contribution in [0.25, 0.3) is 0 Å². The molecule has 0 aromatic carbocycles. The normalized spacial score (nSPS) is 16.0. The zero-order chi connectivity index (χ0) is 23.7. The van der Waals surface area contributed by atoms with Gasteiger partial charge < -0.3 is 15.5 Å². The molecule has 0 fully saturated rings. The Morgan fingerprint density at radius 2 is 1.17 bits per heavy atom. The second-order valence-corrected chi connectivity index (χ2v) is 5.64. The fraction of sp³-hybridized carbons (Fsp3) is 0.917. The molecule has 1 atom stereocenters. The maximum absolute atomic E-state index is 13.4. The van der Waals surface area contributed by atoms with Crippen molar-refractivity contribution >= 4 is 5.91 Å². The predicted octanol–water partition coefficient (Wildman–Crippen LogP) is 2.97. The van der Waals surface area contributed by atoms with Crippen molar-refractivity contribution in [2.75, 3.05) is 13.2 Å². The maximum Gasteiger partial charge on any atom is 0.460 e. The minimum Gasteiger partial charge on any atom is -0.394 e. The molecule has 0 aliphatic carbocycles. The highest BCUT2D eigenvalue weighted by molar-refractivity contribution is 5.75. The molecule has 0 rings (SSSR count). The lowest BCUT2D eigenvalue weighted by atomic mass is 9.92. The van der Waals surface area contributed by atoms with E-state index < -0.39 is 73.8 Å². The molecule has 0 spiro atoms. The van der Waals surface area contributed by atoms with Crippen LogP contribution >= 0.6 is 0 Å². The van der Waals surface area contributed by atoms with Gasteiger partial charge in [0.1, 0.15) is 0 Å². The van der Waals surface area contributed by atoms with Gasteiger partial charge in [-0.2, -0.15) is 57.1 Å². The van der Waals surface area contributed by atoms with Crippen molar-refractivity contribution in [3.05, 3.63) is 0 Å². The lowest BCUT2D eigenvalue weighted by Crippen LogP contribution is -2.70. The van der Waals surface area contributed by atoms with E-state index in [1.165, 1.54) is 5.32 Å².